The lowest BCUT2D eigenvalue weighted by atomic mass is 10.2. The van der Waals surface area contributed by atoms with Crippen molar-refractivity contribution in [2.24, 2.45) is 7.05 Å². The Morgan fingerprint density at radius 1 is 1.45 bits per heavy atom. The van der Waals surface area contributed by atoms with Crippen molar-refractivity contribution in [2.75, 3.05) is 11.9 Å². The standard InChI is InChI=1S/C14H19N5O/c1-4-15-13-12(6-5-7-16-13)14(20)17-8-11-9-19(3)18-10(11)2/h5-7,9H,4,8H2,1-3H3,(H,15,16)(H,17,20). The van der Waals surface area contributed by atoms with E-state index >= 15 is 0 Å². The second-order valence-corrected chi connectivity index (χ2v) is 4.53. The predicted molar refractivity (Wildman–Crippen MR) is 77.5 cm³/mol. The predicted octanol–water partition coefficient (Wildman–Crippen LogP) is 1.49. The van der Waals surface area contributed by atoms with Crippen LogP contribution in [0.5, 0.6) is 0 Å². The second-order valence-electron chi connectivity index (χ2n) is 4.53. The molecule has 0 unspecified atom stereocenters. The van der Waals surface area contributed by atoms with Crippen LogP contribution in [0.3, 0.4) is 0 Å². The maximum Gasteiger partial charge on any atom is 0.255 e. The minimum atomic E-state index is -0.141. The van der Waals surface area contributed by atoms with Crippen LogP contribution in [0.2, 0.25) is 0 Å². The molecule has 106 valence electrons. The van der Waals surface area contributed by atoms with Gasteiger partial charge in [-0.2, -0.15) is 5.10 Å². The third kappa shape index (κ3) is 3.14. The van der Waals surface area contributed by atoms with E-state index in [-0.39, 0.29) is 5.91 Å². The fourth-order valence-electron chi connectivity index (χ4n) is 1.99. The first-order valence-electron chi connectivity index (χ1n) is 6.58. The largest absolute Gasteiger partial charge is 0.370 e. The van der Waals surface area contributed by atoms with Gasteiger partial charge in [-0.05, 0) is 26.0 Å². The lowest BCUT2D eigenvalue weighted by molar-refractivity contribution is 0.0951. The smallest absolute Gasteiger partial charge is 0.255 e. The monoisotopic (exact) mass is 273 g/mol. The third-order valence-corrected chi connectivity index (χ3v) is 2.95. The molecular formula is C14H19N5O. The molecule has 2 aromatic heterocycles. The lowest BCUT2D eigenvalue weighted by Crippen LogP contribution is -2.24. The zero-order valence-electron chi connectivity index (χ0n) is 12.0. The number of carbonyl (C=O) groups is 1. The van der Waals surface area contributed by atoms with Gasteiger partial charge in [0.15, 0.2) is 0 Å². The number of carbonyl (C=O) groups excluding carboxylic acids is 1. The number of nitrogens with zero attached hydrogens (tertiary/aromatic N) is 3. The van der Waals surface area contributed by atoms with Crippen LogP contribution in [0.15, 0.2) is 24.5 Å². The first-order chi connectivity index (χ1) is 9.61. The van der Waals surface area contributed by atoms with E-state index in [1.165, 1.54) is 0 Å². The Bertz CT molecular complexity index is 605. The van der Waals surface area contributed by atoms with Crippen molar-refractivity contribution < 1.29 is 4.79 Å². The van der Waals surface area contributed by atoms with Gasteiger partial charge in [0, 0.05) is 38.1 Å². The minimum Gasteiger partial charge on any atom is -0.370 e. The molecule has 0 saturated carbocycles. The summed E-state index contributed by atoms with van der Waals surface area (Å²) < 4.78 is 1.74. The number of pyridine rings is 1. The minimum absolute atomic E-state index is 0.141. The summed E-state index contributed by atoms with van der Waals surface area (Å²) in [6.07, 6.45) is 3.57. The highest BCUT2D eigenvalue weighted by atomic mass is 16.1. The van der Waals surface area contributed by atoms with Crippen LogP contribution in [0.25, 0.3) is 0 Å². The van der Waals surface area contributed by atoms with Crippen molar-refractivity contribution >= 4 is 11.7 Å². The quantitative estimate of drug-likeness (QED) is 0.865. The molecule has 0 aliphatic carbocycles. The van der Waals surface area contributed by atoms with Gasteiger partial charge in [0.1, 0.15) is 5.82 Å². The Morgan fingerprint density at radius 3 is 2.90 bits per heavy atom. The Hall–Kier alpha value is -2.37. The van der Waals surface area contributed by atoms with Crippen molar-refractivity contribution in [1.29, 1.82) is 0 Å². The Kier molecular flexibility index (Phi) is 4.34. The van der Waals surface area contributed by atoms with E-state index in [9.17, 15) is 4.79 Å². The molecule has 0 aromatic carbocycles. The highest BCUT2D eigenvalue weighted by Gasteiger charge is 2.12. The van der Waals surface area contributed by atoms with Crippen molar-refractivity contribution in [2.45, 2.75) is 20.4 Å². The molecule has 20 heavy (non-hydrogen) atoms. The molecule has 6 nitrogen and oxygen atoms in total. The SMILES string of the molecule is CCNc1ncccc1C(=O)NCc1cn(C)nc1C. The van der Waals surface area contributed by atoms with Gasteiger partial charge in [0.05, 0.1) is 11.3 Å². The summed E-state index contributed by atoms with van der Waals surface area (Å²) >= 11 is 0. The Balaban J connectivity index is 2.07. The highest BCUT2D eigenvalue weighted by molar-refractivity contribution is 5.98. The summed E-state index contributed by atoms with van der Waals surface area (Å²) in [5.41, 5.74) is 2.48. The summed E-state index contributed by atoms with van der Waals surface area (Å²) in [5.74, 6) is 0.465. The van der Waals surface area contributed by atoms with Crippen molar-refractivity contribution in [3.8, 4) is 0 Å². The number of hydrogen-bond acceptors (Lipinski definition) is 4. The summed E-state index contributed by atoms with van der Waals surface area (Å²) in [6.45, 7) is 5.07. The van der Waals surface area contributed by atoms with Crippen LogP contribution in [-0.4, -0.2) is 27.2 Å². The molecule has 0 aliphatic heterocycles. The molecule has 1 amide bonds. The van der Waals surface area contributed by atoms with Crippen molar-refractivity contribution in [1.82, 2.24) is 20.1 Å². The first-order valence-corrected chi connectivity index (χ1v) is 6.58. The van der Waals surface area contributed by atoms with Crippen molar-refractivity contribution in [3.63, 3.8) is 0 Å². The average Bonchev–Trinajstić information content (AvgIpc) is 2.75. The van der Waals surface area contributed by atoms with Crippen molar-refractivity contribution in [3.05, 3.63) is 41.3 Å². The van der Waals surface area contributed by atoms with Gasteiger partial charge in [-0.15, -0.1) is 0 Å². The van der Waals surface area contributed by atoms with E-state index in [0.717, 1.165) is 17.8 Å². The fourth-order valence-corrected chi connectivity index (χ4v) is 1.99. The van der Waals surface area contributed by atoms with E-state index in [0.29, 0.717) is 17.9 Å². The lowest BCUT2D eigenvalue weighted by Gasteiger charge is -2.09. The van der Waals surface area contributed by atoms with Crippen LogP contribution in [0.4, 0.5) is 5.82 Å². The first kappa shape index (κ1) is 14.0. The number of rotatable bonds is 5. The fraction of sp³-hybridized carbons (Fsp3) is 0.357. The topological polar surface area (TPSA) is 71.8 Å². The van der Waals surface area contributed by atoms with Gasteiger partial charge in [-0.25, -0.2) is 4.98 Å². The molecule has 0 bridgehead atoms. The average molecular weight is 273 g/mol. The molecule has 2 N–H and O–H groups in total. The van der Waals surface area contributed by atoms with Gasteiger partial charge in [0.2, 0.25) is 0 Å². The van der Waals surface area contributed by atoms with E-state index < -0.39 is 0 Å². The van der Waals surface area contributed by atoms with Gasteiger partial charge in [0.25, 0.3) is 5.91 Å². The molecule has 0 atom stereocenters. The Labute approximate surface area is 118 Å². The maximum absolute atomic E-state index is 12.2. The van der Waals surface area contributed by atoms with Crippen LogP contribution < -0.4 is 10.6 Å². The molecular weight excluding hydrogens is 254 g/mol. The molecule has 2 rings (SSSR count). The highest BCUT2D eigenvalue weighted by Crippen LogP contribution is 2.11. The summed E-state index contributed by atoms with van der Waals surface area (Å²) in [4.78, 5) is 16.4. The number of amides is 1. The molecule has 0 fully saturated rings. The van der Waals surface area contributed by atoms with Gasteiger partial charge in [-0.3, -0.25) is 9.48 Å². The second kappa shape index (κ2) is 6.18. The van der Waals surface area contributed by atoms with E-state index in [4.69, 9.17) is 0 Å². The van der Waals surface area contributed by atoms with E-state index in [1.54, 1.807) is 23.0 Å². The number of aromatic nitrogens is 3. The summed E-state index contributed by atoms with van der Waals surface area (Å²) in [5, 5.41) is 10.2. The molecule has 0 spiro atoms. The molecule has 0 aliphatic rings. The molecule has 6 heteroatoms. The maximum atomic E-state index is 12.2. The zero-order chi connectivity index (χ0) is 14.5. The molecule has 2 heterocycles. The molecule has 2 aromatic rings. The third-order valence-electron chi connectivity index (χ3n) is 2.95. The van der Waals surface area contributed by atoms with Crippen LogP contribution >= 0.6 is 0 Å². The summed E-state index contributed by atoms with van der Waals surface area (Å²) in [6, 6.07) is 3.52. The Morgan fingerprint density at radius 2 is 2.25 bits per heavy atom. The number of nitrogens with one attached hydrogen (secondary N) is 2. The number of anilines is 1. The zero-order valence-corrected chi connectivity index (χ0v) is 12.0. The number of hydrogen-bond donors (Lipinski definition) is 2. The van der Waals surface area contributed by atoms with Gasteiger partial charge >= 0.3 is 0 Å². The van der Waals surface area contributed by atoms with Gasteiger partial charge in [-0.1, -0.05) is 0 Å². The normalized spacial score (nSPS) is 10.3. The molecule has 0 saturated heterocycles. The molecule has 0 radical (unpaired) electrons. The van der Waals surface area contributed by atoms with Crippen LogP contribution in [-0.2, 0) is 13.6 Å². The van der Waals surface area contributed by atoms with Crippen LogP contribution in [0, 0.1) is 6.92 Å². The van der Waals surface area contributed by atoms with Crippen LogP contribution in [0.1, 0.15) is 28.5 Å². The van der Waals surface area contributed by atoms with E-state index in [1.807, 2.05) is 27.1 Å². The van der Waals surface area contributed by atoms with Gasteiger partial charge < -0.3 is 10.6 Å². The van der Waals surface area contributed by atoms with E-state index in [2.05, 4.69) is 20.7 Å². The summed E-state index contributed by atoms with van der Waals surface area (Å²) in [7, 11) is 1.86. The number of aryl methyl sites for hydroxylation is 2.